The van der Waals surface area contributed by atoms with Gasteiger partial charge in [-0.2, -0.15) is 0 Å². The number of aryl methyl sites for hydroxylation is 1. The third kappa shape index (κ3) is 4.78. The van der Waals surface area contributed by atoms with Gasteiger partial charge >= 0.3 is 0 Å². The van der Waals surface area contributed by atoms with E-state index in [1.165, 1.54) is 31.2 Å². The molecule has 2 rings (SSSR count). The lowest BCUT2D eigenvalue weighted by atomic mass is 10.1. The van der Waals surface area contributed by atoms with Crippen LogP contribution in [0.2, 0.25) is 0 Å². The van der Waals surface area contributed by atoms with Crippen molar-refractivity contribution < 1.29 is 9.47 Å². The van der Waals surface area contributed by atoms with Crippen LogP contribution in [0, 0.1) is 0 Å². The molecule has 1 aliphatic heterocycles. The Labute approximate surface area is 104 Å². The molecule has 94 valence electrons. The van der Waals surface area contributed by atoms with Crippen molar-refractivity contribution in [2.75, 3.05) is 13.2 Å². The maximum absolute atomic E-state index is 5.67. The van der Waals surface area contributed by atoms with E-state index in [2.05, 4.69) is 25.1 Å². The minimum atomic E-state index is 0.336. The van der Waals surface area contributed by atoms with E-state index in [1.807, 2.05) is 6.07 Å². The van der Waals surface area contributed by atoms with Crippen molar-refractivity contribution in [2.45, 2.75) is 45.1 Å². The van der Waals surface area contributed by atoms with Gasteiger partial charge in [0.15, 0.2) is 0 Å². The van der Waals surface area contributed by atoms with Gasteiger partial charge in [0.2, 0.25) is 0 Å². The van der Waals surface area contributed by atoms with Gasteiger partial charge < -0.3 is 9.47 Å². The third-order valence-corrected chi connectivity index (χ3v) is 3.06. The smallest absolute Gasteiger partial charge is 0.119 e. The molecule has 0 bridgehead atoms. The van der Waals surface area contributed by atoms with Gasteiger partial charge in [0, 0.05) is 0 Å². The van der Waals surface area contributed by atoms with Crippen molar-refractivity contribution >= 4 is 0 Å². The molecule has 2 heteroatoms. The standard InChI is InChI=1S/C15H22O2/c1-2-3-4-5-7-13-8-6-9-14(10-13)16-11-15-12-17-15/h6,8-10,15H,2-5,7,11-12H2,1H3. The molecule has 2 nitrogen and oxygen atoms in total. The molecule has 1 heterocycles. The first kappa shape index (κ1) is 12.4. The van der Waals surface area contributed by atoms with Crippen LogP contribution < -0.4 is 4.74 Å². The van der Waals surface area contributed by atoms with Crippen LogP contribution in [-0.2, 0) is 11.2 Å². The highest BCUT2D eigenvalue weighted by atomic mass is 16.6. The zero-order chi connectivity index (χ0) is 11.9. The number of unbranched alkanes of at least 4 members (excludes halogenated alkanes) is 3. The van der Waals surface area contributed by atoms with Gasteiger partial charge in [0.1, 0.15) is 18.5 Å². The summed E-state index contributed by atoms with van der Waals surface area (Å²) in [7, 11) is 0. The molecule has 1 fully saturated rings. The highest BCUT2D eigenvalue weighted by Gasteiger charge is 2.22. The highest BCUT2D eigenvalue weighted by Crippen LogP contribution is 2.18. The average molecular weight is 234 g/mol. The molecule has 0 aliphatic carbocycles. The summed E-state index contributed by atoms with van der Waals surface area (Å²) in [6.45, 7) is 3.80. The van der Waals surface area contributed by atoms with Gasteiger partial charge in [-0.15, -0.1) is 0 Å². The lowest BCUT2D eigenvalue weighted by Gasteiger charge is -2.06. The number of ether oxygens (including phenoxy) is 2. The highest BCUT2D eigenvalue weighted by molar-refractivity contribution is 5.28. The second-order valence-electron chi connectivity index (χ2n) is 4.72. The van der Waals surface area contributed by atoms with Crippen molar-refractivity contribution in [3.8, 4) is 5.75 Å². The summed E-state index contributed by atoms with van der Waals surface area (Å²) in [4.78, 5) is 0. The summed E-state index contributed by atoms with van der Waals surface area (Å²) in [6, 6.07) is 8.46. The van der Waals surface area contributed by atoms with E-state index in [9.17, 15) is 0 Å². The summed E-state index contributed by atoms with van der Waals surface area (Å²) in [5.41, 5.74) is 1.38. The molecule has 0 aromatic heterocycles. The van der Waals surface area contributed by atoms with Crippen molar-refractivity contribution in [1.82, 2.24) is 0 Å². The van der Waals surface area contributed by atoms with Gasteiger partial charge in [-0.25, -0.2) is 0 Å². The van der Waals surface area contributed by atoms with Crippen molar-refractivity contribution in [3.63, 3.8) is 0 Å². The predicted molar refractivity (Wildman–Crippen MR) is 69.5 cm³/mol. The van der Waals surface area contributed by atoms with E-state index in [-0.39, 0.29) is 0 Å². The molecule has 1 saturated heterocycles. The summed E-state index contributed by atoms with van der Waals surface area (Å²) in [5.74, 6) is 0.980. The summed E-state index contributed by atoms with van der Waals surface area (Å²) in [5, 5.41) is 0. The molecule has 17 heavy (non-hydrogen) atoms. The fourth-order valence-corrected chi connectivity index (χ4v) is 1.90. The molecular weight excluding hydrogens is 212 g/mol. The fraction of sp³-hybridized carbons (Fsp3) is 0.600. The summed E-state index contributed by atoms with van der Waals surface area (Å²) < 4.78 is 10.8. The number of epoxide rings is 1. The zero-order valence-electron chi connectivity index (χ0n) is 10.7. The molecule has 1 aliphatic rings. The molecule has 1 atom stereocenters. The second-order valence-corrected chi connectivity index (χ2v) is 4.72. The number of hydrogen-bond acceptors (Lipinski definition) is 2. The maximum atomic E-state index is 5.67. The van der Waals surface area contributed by atoms with Gasteiger partial charge in [-0.1, -0.05) is 38.3 Å². The zero-order valence-corrected chi connectivity index (χ0v) is 10.7. The average Bonchev–Trinajstić information content (AvgIpc) is 3.17. The first-order valence-corrected chi connectivity index (χ1v) is 6.72. The van der Waals surface area contributed by atoms with Crippen LogP contribution in [0.4, 0.5) is 0 Å². The molecule has 0 radical (unpaired) electrons. The molecule has 0 N–H and O–H groups in total. The monoisotopic (exact) mass is 234 g/mol. The van der Waals surface area contributed by atoms with Crippen LogP contribution in [0.25, 0.3) is 0 Å². The SMILES string of the molecule is CCCCCCc1cccc(OCC2CO2)c1. The van der Waals surface area contributed by atoms with E-state index >= 15 is 0 Å². The largest absolute Gasteiger partial charge is 0.491 e. The van der Waals surface area contributed by atoms with E-state index < -0.39 is 0 Å². The molecule has 0 spiro atoms. The number of benzene rings is 1. The van der Waals surface area contributed by atoms with Crippen LogP contribution >= 0.6 is 0 Å². The van der Waals surface area contributed by atoms with E-state index in [1.54, 1.807) is 0 Å². The Morgan fingerprint density at radius 1 is 1.29 bits per heavy atom. The van der Waals surface area contributed by atoms with Crippen molar-refractivity contribution in [3.05, 3.63) is 29.8 Å². The van der Waals surface area contributed by atoms with Crippen LogP contribution in [0.3, 0.4) is 0 Å². The summed E-state index contributed by atoms with van der Waals surface area (Å²) >= 11 is 0. The van der Waals surface area contributed by atoms with Crippen LogP contribution in [0.15, 0.2) is 24.3 Å². The van der Waals surface area contributed by atoms with Crippen molar-refractivity contribution in [2.24, 2.45) is 0 Å². The molecular formula is C15H22O2. The van der Waals surface area contributed by atoms with E-state index in [0.29, 0.717) is 12.7 Å². The molecule has 0 amide bonds. The Morgan fingerprint density at radius 2 is 2.18 bits per heavy atom. The topological polar surface area (TPSA) is 21.8 Å². The van der Waals surface area contributed by atoms with Crippen LogP contribution in [-0.4, -0.2) is 19.3 Å². The molecule has 0 saturated carbocycles. The van der Waals surface area contributed by atoms with Gasteiger partial charge in [0.05, 0.1) is 6.61 Å². The quantitative estimate of drug-likeness (QED) is 0.506. The molecule has 1 unspecified atom stereocenters. The van der Waals surface area contributed by atoms with Crippen molar-refractivity contribution in [1.29, 1.82) is 0 Å². The number of rotatable bonds is 8. The fourth-order valence-electron chi connectivity index (χ4n) is 1.90. The van der Waals surface area contributed by atoms with Crippen LogP contribution in [0.5, 0.6) is 5.75 Å². The van der Waals surface area contributed by atoms with E-state index in [0.717, 1.165) is 18.8 Å². The Hall–Kier alpha value is -1.02. The van der Waals surface area contributed by atoms with Gasteiger partial charge in [-0.05, 0) is 30.5 Å². The lowest BCUT2D eigenvalue weighted by molar-refractivity contribution is 0.263. The Bertz CT molecular complexity index is 331. The Morgan fingerprint density at radius 3 is 2.94 bits per heavy atom. The van der Waals surface area contributed by atoms with Crippen LogP contribution in [0.1, 0.15) is 38.2 Å². The van der Waals surface area contributed by atoms with Gasteiger partial charge in [0.25, 0.3) is 0 Å². The predicted octanol–water partition coefficient (Wildman–Crippen LogP) is 3.59. The second kappa shape index (κ2) is 6.65. The Kier molecular flexibility index (Phi) is 4.87. The molecule has 1 aromatic rings. The third-order valence-electron chi connectivity index (χ3n) is 3.06. The first-order chi connectivity index (χ1) is 8.38. The first-order valence-electron chi connectivity index (χ1n) is 6.72. The number of hydrogen-bond donors (Lipinski definition) is 0. The molecule has 1 aromatic carbocycles. The van der Waals surface area contributed by atoms with Gasteiger partial charge in [-0.3, -0.25) is 0 Å². The minimum absolute atomic E-state index is 0.336. The summed E-state index contributed by atoms with van der Waals surface area (Å²) in [6.07, 6.45) is 6.75. The minimum Gasteiger partial charge on any atom is -0.491 e. The van der Waals surface area contributed by atoms with E-state index in [4.69, 9.17) is 9.47 Å². The Balaban J connectivity index is 1.74. The maximum Gasteiger partial charge on any atom is 0.119 e. The normalized spacial score (nSPS) is 18.1. The lowest BCUT2D eigenvalue weighted by Crippen LogP contribution is -2.04.